The Hall–Kier alpha value is -0.570. The van der Waals surface area contributed by atoms with Crippen LogP contribution in [0.4, 0.5) is 0 Å². The molecule has 0 amide bonds. The molecule has 0 aliphatic carbocycles. The van der Waals surface area contributed by atoms with Crippen molar-refractivity contribution in [2.75, 3.05) is 0 Å². The van der Waals surface area contributed by atoms with Crippen molar-refractivity contribution in [3.05, 3.63) is 0 Å². The summed E-state index contributed by atoms with van der Waals surface area (Å²) in [5.74, 6) is -0.144. The lowest BCUT2D eigenvalue weighted by Crippen LogP contribution is -2.38. The summed E-state index contributed by atoms with van der Waals surface area (Å²) in [6.45, 7) is 1.49. The molecule has 0 aromatic carbocycles. The zero-order valence-corrected chi connectivity index (χ0v) is 7.38. The van der Waals surface area contributed by atoms with Crippen molar-refractivity contribution in [2.24, 2.45) is 0 Å². The topological polar surface area (TPSA) is 38.3 Å². The fourth-order valence-corrected chi connectivity index (χ4v) is 2.32. The molecule has 2 aliphatic rings. The molecule has 2 bridgehead atoms. The average Bonchev–Trinajstić information content (AvgIpc) is 2.26. The minimum absolute atomic E-state index is 0.144. The second-order valence-electron chi connectivity index (χ2n) is 3.78. The van der Waals surface area contributed by atoms with Crippen LogP contribution >= 0.6 is 0 Å². The van der Waals surface area contributed by atoms with E-state index in [1.54, 1.807) is 0 Å². The van der Waals surface area contributed by atoms with Gasteiger partial charge in [-0.25, -0.2) is 0 Å². The van der Waals surface area contributed by atoms with Gasteiger partial charge in [0.2, 0.25) is 0 Å². The molecule has 2 aliphatic heterocycles. The Morgan fingerprint density at radius 3 is 3.00 bits per heavy atom. The van der Waals surface area contributed by atoms with E-state index in [9.17, 15) is 4.79 Å². The molecule has 0 aromatic rings. The quantitative estimate of drug-likeness (QED) is 0.591. The van der Waals surface area contributed by atoms with Crippen LogP contribution in [0.15, 0.2) is 0 Å². The molecule has 2 fully saturated rings. The number of ether oxygens (including phenoxy) is 1. The molecule has 12 heavy (non-hydrogen) atoms. The number of fused-ring (bicyclic) bond motifs is 2. The van der Waals surface area contributed by atoms with Crippen LogP contribution in [0.1, 0.15) is 32.6 Å². The maximum Gasteiger partial charge on any atom is 0.302 e. The monoisotopic (exact) mass is 169 g/mol. The van der Waals surface area contributed by atoms with Crippen molar-refractivity contribution in [3.63, 3.8) is 0 Å². The third-order valence-electron chi connectivity index (χ3n) is 2.80. The van der Waals surface area contributed by atoms with Crippen LogP contribution in [0.3, 0.4) is 0 Å². The summed E-state index contributed by atoms with van der Waals surface area (Å²) in [4.78, 5) is 10.7. The number of nitrogens with one attached hydrogen (secondary N) is 1. The van der Waals surface area contributed by atoms with Crippen LogP contribution in [0.2, 0.25) is 0 Å². The van der Waals surface area contributed by atoms with E-state index in [-0.39, 0.29) is 12.1 Å². The third kappa shape index (κ3) is 1.46. The lowest BCUT2D eigenvalue weighted by Gasteiger charge is -2.22. The van der Waals surface area contributed by atoms with Crippen LogP contribution in [0, 0.1) is 0 Å². The maximum absolute atomic E-state index is 10.7. The van der Waals surface area contributed by atoms with E-state index in [0.717, 1.165) is 12.8 Å². The smallest absolute Gasteiger partial charge is 0.302 e. The Morgan fingerprint density at radius 1 is 1.50 bits per heavy atom. The van der Waals surface area contributed by atoms with Crippen LogP contribution < -0.4 is 5.32 Å². The molecular weight excluding hydrogens is 154 g/mol. The second-order valence-corrected chi connectivity index (χ2v) is 3.78. The highest BCUT2D eigenvalue weighted by atomic mass is 16.5. The predicted octanol–water partition coefficient (Wildman–Crippen LogP) is 0.833. The standard InChI is InChI=1S/C9H15NO2/c1-6(11)12-9-5-7-3-2-4-8(9)10-7/h7-10H,2-5H2,1H3/t7-,8-,9-/m0/s1. The molecule has 68 valence electrons. The summed E-state index contributed by atoms with van der Waals surface area (Å²) in [6, 6.07) is 1.04. The zero-order valence-electron chi connectivity index (χ0n) is 7.38. The Balaban J connectivity index is 1.95. The lowest BCUT2D eigenvalue weighted by atomic mass is 10.1. The third-order valence-corrected chi connectivity index (χ3v) is 2.80. The van der Waals surface area contributed by atoms with Crippen LogP contribution in [0.5, 0.6) is 0 Å². The van der Waals surface area contributed by atoms with Gasteiger partial charge >= 0.3 is 5.97 Å². The molecule has 0 aromatic heterocycles. The molecule has 0 radical (unpaired) electrons. The minimum atomic E-state index is -0.144. The van der Waals surface area contributed by atoms with Gasteiger partial charge in [-0.2, -0.15) is 0 Å². The maximum atomic E-state index is 10.7. The Kier molecular flexibility index (Phi) is 2.05. The van der Waals surface area contributed by atoms with Gasteiger partial charge in [0.25, 0.3) is 0 Å². The van der Waals surface area contributed by atoms with E-state index in [2.05, 4.69) is 5.32 Å². The SMILES string of the molecule is CC(=O)O[C@H]1C[C@@H]2CCC[C@@H]1N2. The van der Waals surface area contributed by atoms with Crippen molar-refractivity contribution in [3.8, 4) is 0 Å². The van der Waals surface area contributed by atoms with E-state index >= 15 is 0 Å². The van der Waals surface area contributed by atoms with E-state index < -0.39 is 0 Å². The average molecular weight is 169 g/mol. The van der Waals surface area contributed by atoms with Gasteiger partial charge in [-0.1, -0.05) is 6.42 Å². The normalized spacial score (nSPS) is 39.6. The first kappa shape index (κ1) is 8.05. The van der Waals surface area contributed by atoms with Gasteiger partial charge < -0.3 is 10.1 Å². The molecule has 3 atom stereocenters. The van der Waals surface area contributed by atoms with Crippen LogP contribution in [0.25, 0.3) is 0 Å². The summed E-state index contributed by atoms with van der Waals surface area (Å²) in [7, 11) is 0. The summed E-state index contributed by atoms with van der Waals surface area (Å²) in [5, 5.41) is 3.47. The number of carbonyl (C=O) groups is 1. The molecule has 0 spiro atoms. The molecule has 1 N–H and O–H groups in total. The predicted molar refractivity (Wildman–Crippen MR) is 44.7 cm³/mol. The first-order valence-corrected chi connectivity index (χ1v) is 4.69. The van der Waals surface area contributed by atoms with E-state index in [1.165, 1.54) is 19.8 Å². The van der Waals surface area contributed by atoms with Crippen molar-refractivity contribution >= 4 is 5.97 Å². The van der Waals surface area contributed by atoms with Gasteiger partial charge in [0.1, 0.15) is 6.10 Å². The first-order chi connectivity index (χ1) is 5.75. The largest absolute Gasteiger partial charge is 0.461 e. The number of hydrogen-bond donors (Lipinski definition) is 1. The van der Waals surface area contributed by atoms with E-state index in [1.807, 2.05) is 0 Å². The van der Waals surface area contributed by atoms with Crippen LogP contribution in [-0.4, -0.2) is 24.2 Å². The number of rotatable bonds is 1. The summed E-state index contributed by atoms with van der Waals surface area (Å²) in [5.41, 5.74) is 0. The molecule has 2 saturated heterocycles. The van der Waals surface area contributed by atoms with Crippen molar-refractivity contribution in [2.45, 2.75) is 50.8 Å². The molecule has 0 saturated carbocycles. The van der Waals surface area contributed by atoms with Crippen molar-refractivity contribution in [1.82, 2.24) is 5.32 Å². The summed E-state index contributed by atoms with van der Waals surface area (Å²) in [6.07, 6.45) is 4.85. The van der Waals surface area contributed by atoms with Crippen LogP contribution in [-0.2, 0) is 9.53 Å². The van der Waals surface area contributed by atoms with Gasteiger partial charge in [0.05, 0.1) is 0 Å². The van der Waals surface area contributed by atoms with E-state index in [4.69, 9.17) is 4.74 Å². The minimum Gasteiger partial charge on any atom is -0.461 e. The Morgan fingerprint density at radius 2 is 2.33 bits per heavy atom. The van der Waals surface area contributed by atoms with Gasteiger partial charge in [0.15, 0.2) is 0 Å². The number of carbonyl (C=O) groups excluding carboxylic acids is 1. The van der Waals surface area contributed by atoms with E-state index in [0.29, 0.717) is 12.1 Å². The van der Waals surface area contributed by atoms with Crippen molar-refractivity contribution < 1.29 is 9.53 Å². The second kappa shape index (κ2) is 3.05. The van der Waals surface area contributed by atoms with Crippen molar-refractivity contribution in [1.29, 1.82) is 0 Å². The van der Waals surface area contributed by atoms with Gasteiger partial charge in [-0.15, -0.1) is 0 Å². The van der Waals surface area contributed by atoms with Gasteiger partial charge in [0, 0.05) is 25.4 Å². The molecular formula is C9H15NO2. The highest BCUT2D eigenvalue weighted by molar-refractivity contribution is 5.66. The number of piperidine rings is 1. The molecule has 2 rings (SSSR count). The Labute approximate surface area is 72.5 Å². The molecule has 2 heterocycles. The first-order valence-electron chi connectivity index (χ1n) is 4.69. The highest BCUT2D eigenvalue weighted by Gasteiger charge is 2.38. The molecule has 3 nitrogen and oxygen atoms in total. The molecule has 3 heteroatoms. The highest BCUT2D eigenvalue weighted by Crippen LogP contribution is 2.28. The number of hydrogen-bond acceptors (Lipinski definition) is 3. The lowest BCUT2D eigenvalue weighted by molar-refractivity contribution is -0.146. The zero-order chi connectivity index (χ0) is 8.55. The summed E-state index contributed by atoms with van der Waals surface area (Å²) < 4.78 is 5.22. The Bertz CT molecular complexity index is 193. The van der Waals surface area contributed by atoms with Gasteiger partial charge in [-0.3, -0.25) is 4.79 Å². The van der Waals surface area contributed by atoms with Gasteiger partial charge in [-0.05, 0) is 12.8 Å². The fourth-order valence-electron chi connectivity index (χ4n) is 2.32. The molecule has 0 unspecified atom stereocenters. The number of esters is 1. The fraction of sp³-hybridized carbons (Fsp3) is 0.889. The summed E-state index contributed by atoms with van der Waals surface area (Å²) >= 11 is 0.